The molecule has 0 aliphatic carbocycles. The maximum absolute atomic E-state index is 12.3. The summed E-state index contributed by atoms with van der Waals surface area (Å²) in [4.78, 5) is 25.9. The van der Waals surface area contributed by atoms with Gasteiger partial charge in [0, 0.05) is 0 Å². The van der Waals surface area contributed by atoms with E-state index in [1.807, 2.05) is 53.8 Å². The van der Waals surface area contributed by atoms with E-state index in [1.165, 1.54) is 9.15 Å². The fourth-order valence-corrected chi connectivity index (χ4v) is 5.91. The van der Waals surface area contributed by atoms with Crippen molar-refractivity contribution in [3.63, 3.8) is 0 Å². The summed E-state index contributed by atoms with van der Waals surface area (Å²) in [5.74, 6) is 1.45. The van der Waals surface area contributed by atoms with Crippen molar-refractivity contribution < 1.29 is 35.5 Å². The van der Waals surface area contributed by atoms with Crippen LogP contribution in [0.1, 0.15) is 54.9 Å². The van der Waals surface area contributed by atoms with Crippen molar-refractivity contribution in [3.8, 4) is 5.88 Å². The van der Waals surface area contributed by atoms with E-state index in [0.29, 0.717) is 24.3 Å². The number of hydrogen-bond acceptors (Lipinski definition) is 7. The fourth-order valence-electron chi connectivity index (χ4n) is 3.57. The summed E-state index contributed by atoms with van der Waals surface area (Å²) in [6, 6.07) is 1.77. The van der Waals surface area contributed by atoms with Crippen LogP contribution in [0.2, 0.25) is 0 Å². The van der Waals surface area contributed by atoms with Crippen molar-refractivity contribution >= 4 is 18.3 Å². The number of carbonyl (C=O) groups is 1. The molecule has 1 atom stereocenters. The first-order chi connectivity index (χ1) is 17.0. The van der Waals surface area contributed by atoms with E-state index in [0.717, 1.165) is 29.8 Å². The summed E-state index contributed by atoms with van der Waals surface area (Å²) >= 11 is -0.439. The van der Waals surface area contributed by atoms with Gasteiger partial charge in [-0.3, -0.25) is 0 Å². The first kappa shape index (κ1) is 27.9. The summed E-state index contributed by atoms with van der Waals surface area (Å²) in [6.45, 7) is 15.2. The van der Waals surface area contributed by atoms with E-state index in [4.69, 9.17) is 9.47 Å². The minimum absolute atomic E-state index is 0.0468. The Labute approximate surface area is 224 Å². The van der Waals surface area contributed by atoms with Gasteiger partial charge in [-0.2, -0.15) is 0 Å². The van der Waals surface area contributed by atoms with Gasteiger partial charge in [0.05, 0.1) is 0 Å². The number of rotatable bonds is 7. The zero-order valence-corrected chi connectivity index (χ0v) is 24.3. The number of allylic oxidation sites excluding steroid dienone is 5. The molecule has 36 heavy (non-hydrogen) atoms. The summed E-state index contributed by atoms with van der Waals surface area (Å²) < 4.78 is 14.6. The molecular formula is C27H37IN5O3-. The standard InChI is InChI=1S/C27H37IN5O3/c1-17(2)35-24-11-13-30-25(33-24)31-16-20-18(3)10-12-29-15-21(20)22-8-9-23(19(4)14-28-22)32-26(34)36-27(5,6)7/h8-9,11,13-15,17-18H,10,12,16H2,1-7H3,(H,32,34)(H,30,31,33)/q-1. The van der Waals surface area contributed by atoms with E-state index in [9.17, 15) is 4.79 Å². The Morgan fingerprint density at radius 1 is 1.28 bits per heavy atom. The Bertz CT molecular complexity index is 1110. The van der Waals surface area contributed by atoms with Gasteiger partial charge < -0.3 is 0 Å². The number of nitrogens with zero attached hydrogens (tertiary/aromatic N) is 3. The number of aromatic nitrogens is 2. The molecule has 0 saturated heterocycles. The zero-order valence-electron chi connectivity index (χ0n) is 22.2. The maximum atomic E-state index is 12.3. The van der Waals surface area contributed by atoms with Crippen LogP contribution >= 0.6 is 0 Å². The molecule has 3 heterocycles. The first-order valence-corrected chi connectivity index (χ1v) is 14.5. The molecule has 9 heteroatoms. The first-order valence-electron chi connectivity index (χ1n) is 12.2. The van der Waals surface area contributed by atoms with Crippen LogP contribution in [-0.4, -0.2) is 47.1 Å². The van der Waals surface area contributed by atoms with Gasteiger partial charge in [0.2, 0.25) is 0 Å². The molecule has 0 bridgehead atoms. The van der Waals surface area contributed by atoms with Gasteiger partial charge in [-0.05, 0) is 0 Å². The number of ether oxygens (including phenoxy) is 2. The molecule has 1 aromatic rings. The Kier molecular flexibility index (Phi) is 9.69. The molecule has 0 fully saturated rings. The van der Waals surface area contributed by atoms with Crippen LogP contribution in [0.25, 0.3) is 0 Å². The molecule has 8 nitrogen and oxygen atoms in total. The minimum atomic E-state index is -0.551. The van der Waals surface area contributed by atoms with E-state index in [1.54, 1.807) is 12.3 Å². The number of carbonyl (C=O) groups excluding carboxylic acids is 1. The van der Waals surface area contributed by atoms with Crippen LogP contribution < -0.4 is 36.6 Å². The molecule has 3 rings (SSSR count). The molecule has 196 valence electrons. The Balaban J connectivity index is 1.85. The van der Waals surface area contributed by atoms with Gasteiger partial charge in [0.15, 0.2) is 0 Å². The molecule has 2 aliphatic rings. The number of amides is 1. The Morgan fingerprint density at radius 2 is 2.06 bits per heavy atom. The van der Waals surface area contributed by atoms with Gasteiger partial charge in [0.25, 0.3) is 0 Å². The SMILES string of the molecule is CC1=C[I-]C(C2=C(CNc3nccc(OC(C)C)n3)C(C)CCN=C2)=CC=C1NC(=O)OC(C)(C)C. The molecule has 0 saturated carbocycles. The number of nitrogens with one attached hydrogen (secondary N) is 2. The molecule has 0 spiro atoms. The van der Waals surface area contributed by atoms with Crippen LogP contribution in [0.5, 0.6) is 5.88 Å². The summed E-state index contributed by atoms with van der Waals surface area (Å²) in [5, 5.41) is 6.30. The second kappa shape index (κ2) is 12.5. The van der Waals surface area contributed by atoms with Crippen molar-refractivity contribution in [3.05, 3.63) is 54.5 Å². The topological polar surface area (TPSA) is 97.7 Å². The van der Waals surface area contributed by atoms with Crippen LogP contribution in [-0.2, 0) is 4.74 Å². The van der Waals surface area contributed by atoms with Gasteiger partial charge in [-0.25, -0.2) is 0 Å². The number of alkyl carbamates (subject to hydrolysis) is 1. The van der Waals surface area contributed by atoms with E-state index in [2.05, 4.69) is 42.7 Å². The summed E-state index contributed by atoms with van der Waals surface area (Å²) in [5.41, 5.74) is 3.69. The zero-order chi connectivity index (χ0) is 26.3. The molecule has 2 N–H and O–H groups in total. The fraction of sp³-hybridized carbons (Fsp3) is 0.481. The van der Waals surface area contributed by atoms with Crippen molar-refractivity contribution in [2.75, 3.05) is 18.4 Å². The molecule has 0 aromatic carbocycles. The average molecular weight is 607 g/mol. The van der Waals surface area contributed by atoms with Gasteiger partial charge in [-0.1, -0.05) is 0 Å². The van der Waals surface area contributed by atoms with Crippen molar-refractivity contribution in [2.24, 2.45) is 10.9 Å². The van der Waals surface area contributed by atoms with Crippen molar-refractivity contribution in [1.29, 1.82) is 0 Å². The summed E-state index contributed by atoms with van der Waals surface area (Å²) in [6.07, 6.45) is 8.37. The van der Waals surface area contributed by atoms with E-state index >= 15 is 0 Å². The third-order valence-electron chi connectivity index (χ3n) is 5.33. The van der Waals surface area contributed by atoms with Crippen molar-refractivity contribution in [1.82, 2.24) is 15.3 Å². The van der Waals surface area contributed by atoms with E-state index in [-0.39, 0.29) is 6.10 Å². The van der Waals surface area contributed by atoms with Gasteiger partial charge >= 0.3 is 225 Å². The Hall–Kier alpha value is -2.69. The predicted molar refractivity (Wildman–Crippen MR) is 140 cm³/mol. The number of hydrogen-bond donors (Lipinski definition) is 2. The third-order valence-corrected chi connectivity index (χ3v) is 8.18. The molecule has 1 unspecified atom stereocenters. The summed E-state index contributed by atoms with van der Waals surface area (Å²) in [7, 11) is 0. The monoisotopic (exact) mass is 606 g/mol. The number of anilines is 1. The number of halogens is 1. The second-order valence-electron chi connectivity index (χ2n) is 10.0. The normalized spacial score (nSPS) is 18.8. The Morgan fingerprint density at radius 3 is 2.78 bits per heavy atom. The molecule has 0 radical (unpaired) electrons. The molecule has 2 aliphatic heterocycles. The number of aliphatic imine (C=N–C) groups is 1. The van der Waals surface area contributed by atoms with Gasteiger partial charge in [0.1, 0.15) is 0 Å². The predicted octanol–water partition coefficient (Wildman–Crippen LogP) is 2.38. The van der Waals surface area contributed by atoms with Gasteiger partial charge in [-0.15, -0.1) is 0 Å². The molecule has 1 aromatic heterocycles. The van der Waals surface area contributed by atoms with Crippen LogP contribution in [0, 0.1) is 5.92 Å². The van der Waals surface area contributed by atoms with Crippen LogP contribution in [0.3, 0.4) is 0 Å². The quantitative estimate of drug-likeness (QED) is 0.463. The average Bonchev–Trinajstić information content (AvgIpc) is 3.07. The molecular weight excluding hydrogens is 569 g/mol. The third kappa shape index (κ3) is 8.46. The van der Waals surface area contributed by atoms with E-state index < -0.39 is 32.9 Å². The second-order valence-corrected chi connectivity index (χ2v) is 12.4. The van der Waals surface area contributed by atoms with Crippen LogP contribution in [0.15, 0.2) is 59.5 Å². The van der Waals surface area contributed by atoms with Crippen molar-refractivity contribution in [2.45, 2.75) is 66.6 Å². The molecule has 1 amide bonds. The van der Waals surface area contributed by atoms with Crippen LogP contribution in [0.4, 0.5) is 10.7 Å².